The van der Waals surface area contributed by atoms with E-state index in [-0.39, 0.29) is 11.9 Å². The van der Waals surface area contributed by atoms with Gasteiger partial charge in [0.25, 0.3) is 5.91 Å². The molecule has 1 rings (SSSR count). The Hall–Kier alpha value is -1.35. The molecule has 76 valence electrons. The molecule has 0 saturated carbocycles. The van der Waals surface area contributed by atoms with Gasteiger partial charge in [0.05, 0.1) is 0 Å². The van der Waals surface area contributed by atoms with E-state index < -0.39 is 0 Å². The van der Waals surface area contributed by atoms with E-state index in [2.05, 4.69) is 0 Å². The molecule has 0 bridgehead atoms. The highest BCUT2D eigenvalue weighted by molar-refractivity contribution is 5.94. The molecule has 1 aromatic rings. The molecular formula is C11H16N2O. The Kier molecular flexibility index (Phi) is 3.25. The lowest BCUT2D eigenvalue weighted by Gasteiger charge is -2.12. The molecule has 1 aromatic carbocycles. The molecule has 0 fully saturated rings. The summed E-state index contributed by atoms with van der Waals surface area (Å²) in [7, 11) is 3.47. The second kappa shape index (κ2) is 4.24. The first kappa shape index (κ1) is 10.7. The van der Waals surface area contributed by atoms with Gasteiger partial charge in [-0.3, -0.25) is 4.79 Å². The van der Waals surface area contributed by atoms with Gasteiger partial charge in [-0.1, -0.05) is 12.1 Å². The van der Waals surface area contributed by atoms with Crippen molar-refractivity contribution in [2.45, 2.75) is 13.0 Å². The molecule has 1 atom stereocenters. The molecule has 0 heterocycles. The Morgan fingerprint density at radius 2 is 2.07 bits per heavy atom. The maximum Gasteiger partial charge on any atom is 0.253 e. The van der Waals surface area contributed by atoms with Gasteiger partial charge in [0.15, 0.2) is 0 Å². The third-order valence-corrected chi connectivity index (χ3v) is 2.07. The fraction of sp³-hybridized carbons (Fsp3) is 0.364. The summed E-state index contributed by atoms with van der Waals surface area (Å²) in [5.74, 6) is 0.00694. The SMILES string of the molecule is CC(N)c1cccc(C(=O)N(C)C)c1. The number of amides is 1. The number of carbonyl (C=O) groups excluding carboxylic acids is 1. The standard InChI is InChI=1S/C11H16N2O/c1-8(12)9-5-4-6-10(7-9)11(14)13(2)3/h4-8H,12H2,1-3H3. The van der Waals surface area contributed by atoms with Crippen LogP contribution >= 0.6 is 0 Å². The van der Waals surface area contributed by atoms with Crippen molar-refractivity contribution in [2.75, 3.05) is 14.1 Å². The highest BCUT2D eigenvalue weighted by Gasteiger charge is 2.08. The Bertz CT molecular complexity index is 332. The molecule has 0 spiro atoms. The van der Waals surface area contributed by atoms with Crippen molar-refractivity contribution in [3.05, 3.63) is 35.4 Å². The van der Waals surface area contributed by atoms with Gasteiger partial charge in [-0.05, 0) is 24.6 Å². The zero-order valence-corrected chi connectivity index (χ0v) is 8.82. The average molecular weight is 192 g/mol. The maximum absolute atomic E-state index is 11.6. The summed E-state index contributed by atoms with van der Waals surface area (Å²) in [5, 5.41) is 0. The molecule has 0 aromatic heterocycles. The Morgan fingerprint density at radius 1 is 1.43 bits per heavy atom. The number of hydrogen-bond acceptors (Lipinski definition) is 2. The minimum Gasteiger partial charge on any atom is -0.345 e. The van der Waals surface area contributed by atoms with E-state index in [0.717, 1.165) is 5.56 Å². The highest BCUT2D eigenvalue weighted by Crippen LogP contribution is 2.12. The largest absolute Gasteiger partial charge is 0.345 e. The smallest absolute Gasteiger partial charge is 0.253 e. The van der Waals surface area contributed by atoms with Crippen molar-refractivity contribution in [3.8, 4) is 0 Å². The number of nitrogens with two attached hydrogens (primary N) is 1. The Morgan fingerprint density at radius 3 is 2.57 bits per heavy atom. The molecule has 3 heteroatoms. The second-order valence-electron chi connectivity index (χ2n) is 3.61. The van der Waals surface area contributed by atoms with E-state index >= 15 is 0 Å². The topological polar surface area (TPSA) is 46.3 Å². The normalized spacial score (nSPS) is 12.3. The van der Waals surface area contributed by atoms with Crippen molar-refractivity contribution >= 4 is 5.91 Å². The van der Waals surface area contributed by atoms with Gasteiger partial charge in [-0.2, -0.15) is 0 Å². The third-order valence-electron chi connectivity index (χ3n) is 2.07. The summed E-state index contributed by atoms with van der Waals surface area (Å²) in [6.45, 7) is 1.90. The third kappa shape index (κ3) is 2.33. The van der Waals surface area contributed by atoms with Gasteiger partial charge in [0.2, 0.25) is 0 Å². The van der Waals surface area contributed by atoms with Gasteiger partial charge in [0.1, 0.15) is 0 Å². The van der Waals surface area contributed by atoms with E-state index in [1.807, 2.05) is 25.1 Å². The molecule has 0 aliphatic rings. The summed E-state index contributed by atoms with van der Waals surface area (Å²) >= 11 is 0. The molecule has 1 amide bonds. The van der Waals surface area contributed by atoms with Gasteiger partial charge in [-0.25, -0.2) is 0 Å². The minimum atomic E-state index is -0.0371. The molecule has 3 nitrogen and oxygen atoms in total. The summed E-state index contributed by atoms with van der Waals surface area (Å²) in [5.41, 5.74) is 7.40. The number of nitrogens with zero attached hydrogens (tertiary/aromatic N) is 1. The minimum absolute atomic E-state index is 0.00694. The van der Waals surface area contributed by atoms with Crippen molar-refractivity contribution in [3.63, 3.8) is 0 Å². The molecule has 0 saturated heterocycles. The van der Waals surface area contributed by atoms with Crippen LogP contribution < -0.4 is 5.73 Å². The van der Waals surface area contributed by atoms with E-state index in [1.165, 1.54) is 0 Å². The number of carbonyl (C=O) groups is 1. The monoisotopic (exact) mass is 192 g/mol. The van der Waals surface area contributed by atoms with Crippen LogP contribution in [0.5, 0.6) is 0 Å². The quantitative estimate of drug-likeness (QED) is 0.770. The van der Waals surface area contributed by atoms with E-state index in [0.29, 0.717) is 5.56 Å². The lowest BCUT2D eigenvalue weighted by atomic mass is 10.1. The lowest BCUT2D eigenvalue weighted by Crippen LogP contribution is -2.22. The predicted octanol–water partition coefficient (Wildman–Crippen LogP) is 1.41. The maximum atomic E-state index is 11.6. The number of benzene rings is 1. The Labute approximate surface area is 84.5 Å². The first-order valence-corrected chi connectivity index (χ1v) is 4.59. The molecule has 2 N–H and O–H groups in total. The predicted molar refractivity (Wildman–Crippen MR) is 57.1 cm³/mol. The van der Waals surface area contributed by atoms with Crippen LogP contribution in [0.1, 0.15) is 28.9 Å². The van der Waals surface area contributed by atoms with Crippen LogP contribution in [0.15, 0.2) is 24.3 Å². The second-order valence-corrected chi connectivity index (χ2v) is 3.61. The summed E-state index contributed by atoms with van der Waals surface area (Å²) in [4.78, 5) is 13.2. The van der Waals surface area contributed by atoms with Crippen molar-refractivity contribution in [2.24, 2.45) is 5.73 Å². The number of hydrogen-bond donors (Lipinski definition) is 1. The summed E-state index contributed by atoms with van der Waals surface area (Å²) < 4.78 is 0. The zero-order chi connectivity index (χ0) is 10.7. The van der Waals surface area contributed by atoms with E-state index in [9.17, 15) is 4.79 Å². The van der Waals surface area contributed by atoms with Crippen molar-refractivity contribution in [1.29, 1.82) is 0 Å². The van der Waals surface area contributed by atoms with Gasteiger partial charge in [0, 0.05) is 25.7 Å². The van der Waals surface area contributed by atoms with Gasteiger partial charge >= 0.3 is 0 Å². The molecular weight excluding hydrogens is 176 g/mol. The highest BCUT2D eigenvalue weighted by atomic mass is 16.2. The van der Waals surface area contributed by atoms with Gasteiger partial charge in [-0.15, -0.1) is 0 Å². The van der Waals surface area contributed by atoms with Crippen LogP contribution in [-0.2, 0) is 0 Å². The Balaban J connectivity index is 3.00. The van der Waals surface area contributed by atoms with E-state index in [4.69, 9.17) is 5.73 Å². The first-order valence-electron chi connectivity index (χ1n) is 4.59. The van der Waals surface area contributed by atoms with Crippen molar-refractivity contribution in [1.82, 2.24) is 4.90 Å². The average Bonchev–Trinajstić information content (AvgIpc) is 2.16. The number of rotatable bonds is 2. The van der Waals surface area contributed by atoms with Crippen LogP contribution in [0, 0.1) is 0 Å². The van der Waals surface area contributed by atoms with Crippen LogP contribution in [0.2, 0.25) is 0 Å². The molecule has 0 radical (unpaired) electrons. The van der Waals surface area contributed by atoms with Crippen LogP contribution in [0.25, 0.3) is 0 Å². The fourth-order valence-electron chi connectivity index (χ4n) is 1.21. The molecule has 0 aliphatic carbocycles. The lowest BCUT2D eigenvalue weighted by molar-refractivity contribution is 0.0827. The van der Waals surface area contributed by atoms with Crippen molar-refractivity contribution < 1.29 is 4.79 Å². The molecule has 0 aliphatic heterocycles. The fourth-order valence-corrected chi connectivity index (χ4v) is 1.21. The summed E-state index contributed by atoms with van der Waals surface area (Å²) in [6, 6.07) is 7.39. The van der Waals surface area contributed by atoms with Crippen LogP contribution in [0.4, 0.5) is 0 Å². The van der Waals surface area contributed by atoms with E-state index in [1.54, 1.807) is 25.1 Å². The van der Waals surface area contributed by atoms with Crippen LogP contribution in [-0.4, -0.2) is 24.9 Å². The first-order chi connectivity index (χ1) is 6.52. The summed E-state index contributed by atoms with van der Waals surface area (Å²) in [6.07, 6.45) is 0. The molecule has 14 heavy (non-hydrogen) atoms. The zero-order valence-electron chi connectivity index (χ0n) is 8.82. The molecule has 1 unspecified atom stereocenters. The van der Waals surface area contributed by atoms with Crippen LogP contribution in [0.3, 0.4) is 0 Å². The van der Waals surface area contributed by atoms with Gasteiger partial charge < -0.3 is 10.6 Å².